The summed E-state index contributed by atoms with van der Waals surface area (Å²) in [6, 6.07) is 9.83. The summed E-state index contributed by atoms with van der Waals surface area (Å²) in [7, 11) is 1.37. The lowest BCUT2D eigenvalue weighted by atomic mass is 10.0. The molecule has 0 spiro atoms. The number of aromatic hydroxyl groups is 1. The topological polar surface area (TPSA) is 107 Å². The molecule has 1 aromatic heterocycles. The quantitative estimate of drug-likeness (QED) is 0.557. The fourth-order valence-electron chi connectivity index (χ4n) is 3.08. The largest absolute Gasteiger partial charge is 0.503 e. The Kier molecular flexibility index (Phi) is 8.66. The van der Waals surface area contributed by atoms with Crippen molar-refractivity contribution < 1.29 is 28.9 Å². The number of nitrogens with zero attached hydrogens (tertiary/aromatic N) is 1. The molecule has 0 aliphatic carbocycles. The van der Waals surface area contributed by atoms with Crippen LogP contribution in [0, 0.1) is 5.92 Å². The third-order valence-corrected chi connectivity index (χ3v) is 4.76. The van der Waals surface area contributed by atoms with Crippen LogP contribution in [0.4, 0.5) is 0 Å². The Balaban J connectivity index is 2.06. The number of nitrogens with one attached hydrogen (secondary N) is 1. The Morgan fingerprint density at radius 1 is 1.13 bits per heavy atom. The van der Waals surface area contributed by atoms with Gasteiger partial charge in [-0.05, 0) is 31.4 Å². The van der Waals surface area contributed by atoms with E-state index in [2.05, 4.69) is 10.3 Å². The molecule has 3 atom stereocenters. The zero-order valence-electron chi connectivity index (χ0n) is 18.5. The van der Waals surface area contributed by atoms with E-state index in [0.717, 1.165) is 0 Å². The molecule has 1 heterocycles. The maximum absolute atomic E-state index is 12.7. The Hall–Kier alpha value is -3.29. The predicted octanol–water partition coefficient (Wildman–Crippen LogP) is 3.34. The van der Waals surface area contributed by atoms with E-state index in [-0.39, 0.29) is 23.5 Å². The number of carbonyl (C=O) groups is 2. The smallest absolute Gasteiger partial charge is 0.329 e. The standard InChI is InChI=1S/C23H30N2O6/c1-6-17(25-22(27)19-20(26)18(29-5)12-13-24-19)23(28)30-15(4)21(14(2)3)31-16-10-8-7-9-11-16/h7-15,17,21,26H,6H2,1-5H3,(H,25,27)/t15-,17-,21+/m0/s1. The number of aromatic nitrogens is 1. The fourth-order valence-corrected chi connectivity index (χ4v) is 3.08. The molecule has 0 aliphatic heterocycles. The summed E-state index contributed by atoms with van der Waals surface area (Å²) in [5, 5.41) is 12.7. The van der Waals surface area contributed by atoms with Crippen molar-refractivity contribution in [1.29, 1.82) is 0 Å². The van der Waals surface area contributed by atoms with Gasteiger partial charge < -0.3 is 24.6 Å². The molecule has 8 nitrogen and oxygen atoms in total. The van der Waals surface area contributed by atoms with Crippen LogP contribution in [-0.4, -0.2) is 47.3 Å². The van der Waals surface area contributed by atoms with Crippen LogP contribution >= 0.6 is 0 Å². The van der Waals surface area contributed by atoms with Gasteiger partial charge >= 0.3 is 5.97 Å². The van der Waals surface area contributed by atoms with E-state index < -0.39 is 29.8 Å². The van der Waals surface area contributed by atoms with Gasteiger partial charge in [0.2, 0.25) is 0 Å². The van der Waals surface area contributed by atoms with E-state index in [1.807, 2.05) is 44.2 Å². The van der Waals surface area contributed by atoms with Gasteiger partial charge in [0.25, 0.3) is 5.91 Å². The van der Waals surface area contributed by atoms with Crippen molar-refractivity contribution in [2.24, 2.45) is 5.92 Å². The van der Waals surface area contributed by atoms with Crippen molar-refractivity contribution in [3.05, 3.63) is 48.3 Å². The zero-order valence-corrected chi connectivity index (χ0v) is 18.5. The number of hydrogen-bond acceptors (Lipinski definition) is 7. The molecule has 1 amide bonds. The monoisotopic (exact) mass is 430 g/mol. The number of carbonyl (C=O) groups excluding carboxylic acids is 2. The Morgan fingerprint density at radius 3 is 2.39 bits per heavy atom. The van der Waals surface area contributed by atoms with Gasteiger partial charge in [-0.3, -0.25) is 4.79 Å². The predicted molar refractivity (Wildman–Crippen MR) is 115 cm³/mol. The maximum Gasteiger partial charge on any atom is 0.329 e. The van der Waals surface area contributed by atoms with Crippen molar-refractivity contribution in [3.63, 3.8) is 0 Å². The minimum Gasteiger partial charge on any atom is -0.503 e. The van der Waals surface area contributed by atoms with E-state index in [4.69, 9.17) is 14.2 Å². The molecule has 0 aliphatic rings. The first kappa shape index (κ1) is 24.0. The zero-order chi connectivity index (χ0) is 23.0. The minimum absolute atomic E-state index is 0.0793. The van der Waals surface area contributed by atoms with Gasteiger partial charge in [0.15, 0.2) is 17.2 Å². The van der Waals surface area contributed by atoms with Crippen molar-refractivity contribution in [1.82, 2.24) is 10.3 Å². The lowest BCUT2D eigenvalue weighted by Crippen LogP contribution is -2.45. The molecule has 0 saturated carbocycles. The normalized spacial score (nSPS) is 13.7. The summed E-state index contributed by atoms with van der Waals surface area (Å²) < 4.78 is 16.6. The highest BCUT2D eigenvalue weighted by Gasteiger charge is 2.30. The lowest BCUT2D eigenvalue weighted by Gasteiger charge is -2.29. The molecule has 2 aromatic rings. The number of ether oxygens (including phenoxy) is 3. The van der Waals surface area contributed by atoms with E-state index in [1.165, 1.54) is 19.4 Å². The van der Waals surface area contributed by atoms with Crippen LogP contribution in [0.15, 0.2) is 42.6 Å². The highest BCUT2D eigenvalue weighted by atomic mass is 16.6. The average molecular weight is 431 g/mol. The Morgan fingerprint density at radius 2 is 1.81 bits per heavy atom. The second kappa shape index (κ2) is 11.2. The van der Waals surface area contributed by atoms with Crippen LogP contribution in [0.5, 0.6) is 17.2 Å². The molecule has 0 fully saturated rings. The summed E-state index contributed by atoms with van der Waals surface area (Å²) in [5.41, 5.74) is -0.230. The molecule has 0 bridgehead atoms. The van der Waals surface area contributed by atoms with E-state index in [1.54, 1.807) is 13.8 Å². The Bertz CT molecular complexity index is 872. The lowest BCUT2D eigenvalue weighted by molar-refractivity contribution is -0.156. The molecule has 1 aromatic carbocycles. The van der Waals surface area contributed by atoms with Gasteiger partial charge in [0.1, 0.15) is 24.0 Å². The number of pyridine rings is 1. The molecule has 0 radical (unpaired) electrons. The number of esters is 1. The summed E-state index contributed by atoms with van der Waals surface area (Å²) in [6.45, 7) is 7.47. The molecule has 0 saturated heterocycles. The Labute approximate surface area is 182 Å². The first-order chi connectivity index (χ1) is 14.8. The molecule has 31 heavy (non-hydrogen) atoms. The minimum atomic E-state index is -0.910. The number of rotatable bonds is 10. The second-order valence-electron chi connectivity index (χ2n) is 7.43. The fraction of sp³-hybridized carbons (Fsp3) is 0.435. The van der Waals surface area contributed by atoms with Crippen LogP contribution in [-0.2, 0) is 9.53 Å². The highest BCUT2D eigenvalue weighted by Crippen LogP contribution is 2.27. The first-order valence-electron chi connectivity index (χ1n) is 10.2. The molecule has 2 rings (SSSR count). The van der Waals surface area contributed by atoms with E-state index in [9.17, 15) is 14.7 Å². The number of benzene rings is 1. The second-order valence-corrected chi connectivity index (χ2v) is 7.43. The first-order valence-corrected chi connectivity index (χ1v) is 10.2. The number of methoxy groups -OCH3 is 1. The van der Waals surface area contributed by atoms with Crippen molar-refractivity contribution in [3.8, 4) is 17.2 Å². The van der Waals surface area contributed by atoms with Gasteiger partial charge in [0, 0.05) is 12.3 Å². The highest BCUT2D eigenvalue weighted by molar-refractivity contribution is 5.97. The average Bonchev–Trinajstić information content (AvgIpc) is 2.76. The molecular formula is C23H30N2O6. The molecule has 2 N–H and O–H groups in total. The molecule has 0 unspecified atom stereocenters. The van der Waals surface area contributed by atoms with Crippen LogP contribution in [0.25, 0.3) is 0 Å². The molecular weight excluding hydrogens is 400 g/mol. The maximum atomic E-state index is 12.7. The van der Waals surface area contributed by atoms with Crippen LogP contribution < -0.4 is 14.8 Å². The summed E-state index contributed by atoms with van der Waals surface area (Å²) in [6.07, 6.45) is 0.710. The summed E-state index contributed by atoms with van der Waals surface area (Å²) in [5.74, 6) is -0.807. The van der Waals surface area contributed by atoms with Gasteiger partial charge in [-0.2, -0.15) is 0 Å². The van der Waals surface area contributed by atoms with E-state index >= 15 is 0 Å². The van der Waals surface area contributed by atoms with Crippen LogP contribution in [0.2, 0.25) is 0 Å². The summed E-state index contributed by atoms with van der Waals surface area (Å²) >= 11 is 0. The van der Waals surface area contributed by atoms with Crippen molar-refractivity contribution >= 4 is 11.9 Å². The SMILES string of the molecule is CC[C@H](NC(=O)c1nccc(OC)c1O)C(=O)O[C@@H](C)[C@H](Oc1ccccc1)C(C)C. The third kappa shape index (κ3) is 6.34. The van der Waals surface area contributed by atoms with E-state index in [0.29, 0.717) is 12.2 Å². The van der Waals surface area contributed by atoms with Gasteiger partial charge in [-0.1, -0.05) is 39.0 Å². The summed E-state index contributed by atoms with van der Waals surface area (Å²) in [4.78, 5) is 29.2. The molecule has 168 valence electrons. The number of amides is 1. The van der Waals surface area contributed by atoms with Gasteiger partial charge in [-0.25, -0.2) is 9.78 Å². The van der Waals surface area contributed by atoms with Crippen molar-refractivity contribution in [2.45, 2.75) is 52.4 Å². The van der Waals surface area contributed by atoms with Gasteiger partial charge in [0.05, 0.1) is 7.11 Å². The number of hydrogen-bond donors (Lipinski definition) is 2. The molecule has 8 heteroatoms. The third-order valence-electron chi connectivity index (χ3n) is 4.76. The van der Waals surface area contributed by atoms with Gasteiger partial charge in [-0.15, -0.1) is 0 Å². The van der Waals surface area contributed by atoms with Crippen LogP contribution in [0.3, 0.4) is 0 Å². The number of para-hydroxylation sites is 1. The van der Waals surface area contributed by atoms with Crippen molar-refractivity contribution in [2.75, 3.05) is 7.11 Å². The van der Waals surface area contributed by atoms with Crippen LogP contribution in [0.1, 0.15) is 44.6 Å².